The molecule has 0 spiro atoms. The number of benzene rings is 1. The van der Waals surface area contributed by atoms with E-state index in [1.165, 1.54) is 7.11 Å². The van der Waals surface area contributed by atoms with Crippen molar-refractivity contribution in [3.63, 3.8) is 0 Å². The average Bonchev–Trinajstić information content (AvgIpc) is 2.36. The molecule has 1 aromatic carbocycles. The maximum atomic E-state index is 12.1. The van der Waals surface area contributed by atoms with Gasteiger partial charge in [0.2, 0.25) is 5.91 Å². The lowest BCUT2D eigenvalue weighted by Gasteiger charge is -2.37. The van der Waals surface area contributed by atoms with Crippen molar-refractivity contribution >= 4 is 11.9 Å². The molecule has 0 atom stereocenters. The van der Waals surface area contributed by atoms with Crippen molar-refractivity contribution in [1.29, 1.82) is 0 Å². The zero-order valence-electron chi connectivity index (χ0n) is 10.4. The number of esters is 1. The first-order chi connectivity index (χ1) is 8.69. The molecule has 18 heavy (non-hydrogen) atoms. The van der Waals surface area contributed by atoms with E-state index in [4.69, 9.17) is 4.74 Å². The summed E-state index contributed by atoms with van der Waals surface area (Å²) in [6.45, 7) is 0.443. The molecular formula is C14H17NO3. The summed E-state index contributed by atoms with van der Waals surface area (Å²) < 4.78 is 4.73. The second-order valence-electron chi connectivity index (χ2n) is 4.60. The molecule has 4 heteroatoms. The summed E-state index contributed by atoms with van der Waals surface area (Å²) in [6, 6.07) is 9.63. The summed E-state index contributed by atoms with van der Waals surface area (Å²) in [5.74, 6) is -0.635. The van der Waals surface area contributed by atoms with E-state index < -0.39 is 11.4 Å². The van der Waals surface area contributed by atoms with E-state index >= 15 is 0 Å². The Kier molecular flexibility index (Phi) is 3.65. The standard InChI is InChI=1S/C14H17NO3/c1-18-13(17)14(8-5-9-14)12(16)15-10-11-6-3-2-4-7-11/h2-4,6-7H,5,8-10H2,1H3,(H,15,16). The fraction of sp³-hybridized carbons (Fsp3) is 0.429. The van der Waals surface area contributed by atoms with Crippen LogP contribution in [0.25, 0.3) is 0 Å². The minimum Gasteiger partial charge on any atom is -0.468 e. The lowest BCUT2D eigenvalue weighted by atomic mass is 9.68. The molecule has 4 nitrogen and oxygen atoms in total. The number of carbonyl (C=O) groups excluding carboxylic acids is 2. The van der Waals surface area contributed by atoms with Crippen LogP contribution in [0.5, 0.6) is 0 Å². The van der Waals surface area contributed by atoms with Crippen LogP contribution in [0.2, 0.25) is 0 Å². The maximum Gasteiger partial charge on any atom is 0.321 e. The van der Waals surface area contributed by atoms with Crippen LogP contribution in [-0.2, 0) is 20.9 Å². The monoisotopic (exact) mass is 247 g/mol. The fourth-order valence-corrected chi connectivity index (χ4v) is 2.20. The molecule has 1 N–H and O–H groups in total. The predicted octanol–water partition coefficient (Wildman–Crippen LogP) is 1.65. The van der Waals surface area contributed by atoms with Gasteiger partial charge in [-0.2, -0.15) is 0 Å². The molecule has 0 heterocycles. The Balaban J connectivity index is 1.97. The quantitative estimate of drug-likeness (QED) is 0.650. The zero-order chi connectivity index (χ0) is 13.0. The molecule has 0 aromatic heterocycles. The minimum atomic E-state index is -0.941. The molecule has 96 valence electrons. The van der Waals surface area contributed by atoms with Gasteiger partial charge in [0.05, 0.1) is 7.11 Å². The van der Waals surface area contributed by atoms with Crippen LogP contribution < -0.4 is 5.32 Å². The van der Waals surface area contributed by atoms with Gasteiger partial charge >= 0.3 is 5.97 Å². The average molecular weight is 247 g/mol. The van der Waals surface area contributed by atoms with E-state index in [-0.39, 0.29) is 5.91 Å². The van der Waals surface area contributed by atoms with Crippen LogP contribution >= 0.6 is 0 Å². The van der Waals surface area contributed by atoms with E-state index in [0.29, 0.717) is 19.4 Å². The number of rotatable bonds is 4. The topological polar surface area (TPSA) is 55.4 Å². The number of nitrogens with one attached hydrogen (secondary N) is 1. The molecule has 1 amide bonds. The first kappa shape index (κ1) is 12.6. The lowest BCUT2D eigenvalue weighted by molar-refractivity contribution is -0.165. The van der Waals surface area contributed by atoms with E-state index in [9.17, 15) is 9.59 Å². The highest BCUT2D eigenvalue weighted by Gasteiger charge is 2.51. The molecule has 1 saturated carbocycles. The van der Waals surface area contributed by atoms with Crippen molar-refractivity contribution in [2.45, 2.75) is 25.8 Å². The summed E-state index contributed by atoms with van der Waals surface area (Å²) >= 11 is 0. The summed E-state index contributed by atoms with van der Waals surface area (Å²) in [6.07, 6.45) is 2.06. The highest BCUT2D eigenvalue weighted by atomic mass is 16.5. The summed E-state index contributed by atoms with van der Waals surface area (Å²) in [5, 5.41) is 2.82. The molecule has 0 aliphatic heterocycles. The van der Waals surface area contributed by atoms with Gasteiger partial charge in [0.25, 0.3) is 0 Å². The second-order valence-corrected chi connectivity index (χ2v) is 4.60. The Labute approximate surface area is 106 Å². The van der Waals surface area contributed by atoms with Crippen molar-refractivity contribution in [3.8, 4) is 0 Å². The molecule has 1 aromatic rings. The van der Waals surface area contributed by atoms with Gasteiger partial charge in [-0.25, -0.2) is 0 Å². The minimum absolute atomic E-state index is 0.218. The first-order valence-electron chi connectivity index (χ1n) is 6.10. The number of methoxy groups -OCH3 is 1. The number of amides is 1. The molecule has 1 aliphatic rings. The summed E-state index contributed by atoms with van der Waals surface area (Å²) in [4.78, 5) is 23.8. The van der Waals surface area contributed by atoms with Crippen molar-refractivity contribution in [3.05, 3.63) is 35.9 Å². The fourth-order valence-electron chi connectivity index (χ4n) is 2.20. The van der Waals surface area contributed by atoms with Crippen molar-refractivity contribution in [2.75, 3.05) is 7.11 Å². The zero-order valence-corrected chi connectivity index (χ0v) is 10.4. The molecule has 2 rings (SSSR count). The van der Waals surface area contributed by atoms with Gasteiger partial charge in [0, 0.05) is 6.54 Å². The number of ether oxygens (including phenoxy) is 1. The molecule has 0 unspecified atom stereocenters. The summed E-state index contributed by atoms with van der Waals surface area (Å²) in [7, 11) is 1.33. The highest BCUT2D eigenvalue weighted by Crippen LogP contribution is 2.42. The Morgan fingerprint density at radius 1 is 1.28 bits per heavy atom. The molecule has 0 radical (unpaired) electrons. The van der Waals surface area contributed by atoms with E-state index in [1.54, 1.807) is 0 Å². The van der Waals surface area contributed by atoms with Gasteiger partial charge in [-0.3, -0.25) is 9.59 Å². The molecular weight excluding hydrogens is 230 g/mol. The smallest absolute Gasteiger partial charge is 0.321 e. The largest absolute Gasteiger partial charge is 0.468 e. The van der Waals surface area contributed by atoms with Gasteiger partial charge in [-0.05, 0) is 18.4 Å². The third-order valence-electron chi connectivity index (χ3n) is 3.51. The van der Waals surface area contributed by atoms with Crippen molar-refractivity contribution < 1.29 is 14.3 Å². The molecule has 1 aliphatic carbocycles. The third kappa shape index (κ3) is 2.23. The Morgan fingerprint density at radius 3 is 2.44 bits per heavy atom. The maximum absolute atomic E-state index is 12.1. The van der Waals surface area contributed by atoms with Gasteiger partial charge < -0.3 is 10.1 Å². The predicted molar refractivity (Wildman–Crippen MR) is 66.6 cm³/mol. The normalized spacial score (nSPS) is 16.5. The van der Waals surface area contributed by atoms with E-state index in [1.807, 2.05) is 30.3 Å². The van der Waals surface area contributed by atoms with Crippen LogP contribution in [-0.4, -0.2) is 19.0 Å². The second kappa shape index (κ2) is 5.21. The first-order valence-corrected chi connectivity index (χ1v) is 6.10. The Morgan fingerprint density at radius 2 is 1.94 bits per heavy atom. The van der Waals surface area contributed by atoms with Gasteiger partial charge in [-0.1, -0.05) is 36.8 Å². The number of carbonyl (C=O) groups is 2. The van der Waals surface area contributed by atoms with Crippen LogP contribution in [0.4, 0.5) is 0 Å². The lowest BCUT2D eigenvalue weighted by Crippen LogP contribution is -2.51. The van der Waals surface area contributed by atoms with E-state index in [2.05, 4.69) is 5.32 Å². The highest BCUT2D eigenvalue weighted by molar-refractivity contribution is 6.03. The van der Waals surface area contributed by atoms with Crippen molar-refractivity contribution in [1.82, 2.24) is 5.32 Å². The van der Waals surface area contributed by atoms with Gasteiger partial charge in [0.1, 0.15) is 5.41 Å². The van der Waals surface area contributed by atoms with Crippen LogP contribution in [0.3, 0.4) is 0 Å². The van der Waals surface area contributed by atoms with Gasteiger partial charge in [0.15, 0.2) is 0 Å². The Hall–Kier alpha value is -1.84. The number of hydrogen-bond donors (Lipinski definition) is 1. The Bertz CT molecular complexity index is 438. The van der Waals surface area contributed by atoms with Crippen molar-refractivity contribution in [2.24, 2.45) is 5.41 Å². The molecule has 0 bridgehead atoms. The van der Waals surface area contributed by atoms with Crippen LogP contribution in [0.1, 0.15) is 24.8 Å². The SMILES string of the molecule is COC(=O)C1(C(=O)NCc2ccccc2)CCC1. The molecule has 1 fully saturated rings. The van der Waals surface area contributed by atoms with Crippen LogP contribution in [0.15, 0.2) is 30.3 Å². The van der Waals surface area contributed by atoms with Crippen LogP contribution in [0, 0.1) is 5.41 Å². The summed E-state index contributed by atoms with van der Waals surface area (Å²) in [5.41, 5.74) is 0.0778. The van der Waals surface area contributed by atoms with Gasteiger partial charge in [-0.15, -0.1) is 0 Å². The number of hydrogen-bond acceptors (Lipinski definition) is 3. The molecule has 0 saturated heterocycles. The third-order valence-corrected chi connectivity index (χ3v) is 3.51. The van der Waals surface area contributed by atoms with E-state index in [0.717, 1.165) is 12.0 Å².